The average Bonchev–Trinajstić information content (AvgIpc) is 2.71. The van der Waals surface area contributed by atoms with Gasteiger partial charge in [-0.1, -0.05) is 52.1 Å². The molecule has 0 spiro atoms. The molecule has 4 heteroatoms. The van der Waals surface area contributed by atoms with Gasteiger partial charge in [0.2, 0.25) is 0 Å². The van der Waals surface area contributed by atoms with E-state index in [1.165, 1.54) is 10.1 Å². The summed E-state index contributed by atoms with van der Waals surface area (Å²) in [5, 5.41) is 1.21. The first-order valence-corrected chi connectivity index (χ1v) is 6.75. The number of hydrogen-bond donors (Lipinski definition) is 0. The van der Waals surface area contributed by atoms with Gasteiger partial charge in [-0.3, -0.25) is 0 Å². The lowest BCUT2D eigenvalue weighted by Gasteiger charge is -2.19. The van der Waals surface area contributed by atoms with E-state index < -0.39 is 6.36 Å². The summed E-state index contributed by atoms with van der Waals surface area (Å²) >= 11 is 0. The van der Waals surface area contributed by atoms with Crippen molar-refractivity contribution < 1.29 is 17.2 Å². The molecule has 0 aliphatic carbocycles. The Morgan fingerprint density at radius 3 is 2.05 bits per heavy atom. The van der Waals surface area contributed by atoms with Crippen LogP contribution in [-0.4, -0.2) is 0 Å². The molecule has 2 aromatic carbocycles. The first kappa shape index (κ1) is 14.0. The molecule has 0 N–H and O–H groups in total. The van der Waals surface area contributed by atoms with Gasteiger partial charge in [-0.15, -0.1) is 0 Å². The van der Waals surface area contributed by atoms with E-state index in [2.05, 4.69) is 0 Å². The predicted octanol–water partition coefficient (Wildman–Crippen LogP) is 6.05. The van der Waals surface area contributed by atoms with Crippen LogP contribution in [0.4, 0.5) is 13.2 Å². The van der Waals surface area contributed by atoms with Gasteiger partial charge in [0.25, 0.3) is 11.2 Å². The van der Waals surface area contributed by atoms with E-state index in [1.54, 1.807) is 30.3 Å². The molecule has 1 heterocycles. The molecule has 3 rings (SSSR count). The monoisotopic (exact) mass is 293 g/mol. The van der Waals surface area contributed by atoms with Crippen LogP contribution >= 0.6 is 0 Å². The lowest BCUT2D eigenvalue weighted by molar-refractivity contribution is -0.354. The number of fused-ring (bicyclic) bond motifs is 3. The molecule has 0 amide bonds. The maximum Gasteiger partial charge on any atom is 0.701 e. The van der Waals surface area contributed by atoms with Gasteiger partial charge in [0, 0.05) is 6.07 Å². The summed E-state index contributed by atoms with van der Waals surface area (Å²) in [6, 6.07) is 11.9. The van der Waals surface area contributed by atoms with Crippen LogP contribution < -0.4 is 0 Å². The smallest absolute Gasteiger partial charge is 0.451 e. The predicted molar refractivity (Wildman–Crippen MR) is 78.3 cm³/mol. The van der Waals surface area contributed by atoms with Crippen molar-refractivity contribution in [2.24, 2.45) is 0 Å². The van der Waals surface area contributed by atoms with Crippen LogP contribution in [0.15, 0.2) is 46.5 Å². The van der Waals surface area contributed by atoms with Crippen molar-refractivity contribution in [3.63, 3.8) is 0 Å². The van der Waals surface area contributed by atoms with Crippen LogP contribution in [0.5, 0.6) is 0 Å². The van der Waals surface area contributed by atoms with Gasteiger partial charge in [0.1, 0.15) is 0 Å². The summed E-state index contributed by atoms with van der Waals surface area (Å²) in [5.41, 5.74) is 0.582. The summed E-state index contributed by atoms with van der Waals surface area (Å²) < 4.78 is 42.3. The molecular weight excluding hydrogens is 277 g/mol. The second-order valence-corrected chi connectivity index (χ2v) is 6.18. The highest BCUT2D eigenvalue weighted by Gasteiger charge is 2.46. The van der Waals surface area contributed by atoms with Gasteiger partial charge in [-0.05, 0) is 23.6 Å². The van der Waals surface area contributed by atoms with Crippen LogP contribution in [0.3, 0.4) is 0 Å². The SMILES string of the molecule is CC(C)(C)c1cccc2c3ccccc3[o+](C(F)(F)F)c12. The Hall–Kier alpha value is -1.97. The fourth-order valence-corrected chi connectivity index (χ4v) is 2.78. The van der Waals surface area contributed by atoms with Crippen LogP contribution in [0, 0.1) is 0 Å². The summed E-state index contributed by atoms with van der Waals surface area (Å²) in [5.74, 6) is 0. The second kappa shape index (κ2) is 4.26. The molecule has 3 aromatic rings. The largest absolute Gasteiger partial charge is 0.701 e. The molecule has 0 bridgehead atoms. The van der Waals surface area contributed by atoms with Crippen molar-refractivity contribution in [2.75, 3.05) is 0 Å². The second-order valence-electron chi connectivity index (χ2n) is 6.18. The molecule has 0 radical (unpaired) electrons. The van der Waals surface area contributed by atoms with E-state index in [1.807, 2.05) is 26.8 Å². The Morgan fingerprint density at radius 1 is 0.810 bits per heavy atom. The molecule has 1 aromatic heterocycles. The molecular formula is C17H16F3O+. The van der Waals surface area contributed by atoms with E-state index in [0.717, 1.165) is 0 Å². The van der Waals surface area contributed by atoms with Crippen molar-refractivity contribution in [1.82, 2.24) is 0 Å². The Bertz CT molecular complexity index is 820. The van der Waals surface area contributed by atoms with Crippen LogP contribution in [-0.2, 0) is 11.8 Å². The third kappa shape index (κ3) is 2.09. The van der Waals surface area contributed by atoms with Gasteiger partial charge >= 0.3 is 6.36 Å². The summed E-state index contributed by atoms with van der Waals surface area (Å²) in [4.78, 5) is 0. The van der Waals surface area contributed by atoms with Crippen LogP contribution in [0.25, 0.3) is 21.9 Å². The van der Waals surface area contributed by atoms with Gasteiger partial charge in [0.05, 0.1) is 16.3 Å². The van der Waals surface area contributed by atoms with Crippen LogP contribution in [0.2, 0.25) is 0 Å². The van der Waals surface area contributed by atoms with Gasteiger partial charge in [-0.25, -0.2) is 0 Å². The third-order valence-corrected chi connectivity index (χ3v) is 3.66. The fraction of sp³-hybridized carbons (Fsp3) is 0.294. The van der Waals surface area contributed by atoms with Crippen molar-refractivity contribution >= 4 is 21.9 Å². The molecule has 0 atom stereocenters. The van der Waals surface area contributed by atoms with E-state index in [4.69, 9.17) is 0 Å². The zero-order valence-electron chi connectivity index (χ0n) is 12.1. The van der Waals surface area contributed by atoms with Crippen molar-refractivity contribution in [2.45, 2.75) is 32.5 Å². The van der Waals surface area contributed by atoms with E-state index in [0.29, 0.717) is 16.3 Å². The van der Waals surface area contributed by atoms with E-state index in [-0.39, 0.29) is 16.6 Å². The molecule has 0 aliphatic rings. The maximum absolute atomic E-state index is 13.6. The number of furan rings is 1. The van der Waals surface area contributed by atoms with Gasteiger partial charge in [0.15, 0.2) is 0 Å². The van der Waals surface area contributed by atoms with Crippen molar-refractivity contribution in [3.8, 4) is 0 Å². The fourth-order valence-electron chi connectivity index (χ4n) is 2.78. The molecule has 0 aliphatic heterocycles. The molecule has 110 valence electrons. The zero-order valence-corrected chi connectivity index (χ0v) is 12.1. The van der Waals surface area contributed by atoms with Crippen molar-refractivity contribution in [1.29, 1.82) is 0 Å². The van der Waals surface area contributed by atoms with E-state index >= 15 is 0 Å². The van der Waals surface area contributed by atoms with E-state index in [9.17, 15) is 13.2 Å². The normalized spacial score (nSPS) is 13.2. The Morgan fingerprint density at radius 2 is 1.43 bits per heavy atom. The first-order valence-electron chi connectivity index (χ1n) is 6.75. The molecule has 0 saturated carbocycles. The Kier molecular flexibility index (Phi) is 2.84. The summed E-state index contributed by atoms with van der Waals surface area (Å²) in [6.07, 6.45) is -4.53. The molecule has 1 nitrogen and oxygen atoms in total. The zero-order chi connectivity index (χ0) is 15.4. The quantitative estimate of drug-likeness (QED) is 0.444. The first-order chi connectivity index (χ1) is 9.71. The lowest BCUT2D eigenvalue weighted by atomic mass is 9.86. The minimum atomic E-state index is -4.53. The number of benzene rings is 2. The highest BCUT2D eigenvalue weighted by molar-refractivity contribution is 6.06. The van der Waals surface area contributed by atoms with Gasteiger partial charge in [-0.2, -0.15) is 0 Å². The highest BCUT2D eigenvalue weighted by atomic mass is 19.4. The number of halogens is 3. The minimum absolute atomic E-state index is 0.122. The highest BCUT2D eigenvalue weighted by Crippen LogP contribution is 2.46. The molecule has 0 unspecified atom stereocenters. The Balaban J connectivity index is 2.61. The molecule has 21 heavy (non-hydrogen) atoms. The van der Waals surface area contributed by atoms with Crippen LogP contribution in [0.1, 0.15) is 26.3 Å². The molecule has 0 fully saturated rings. The molecule has 0 saturated heterocycles. The average molecular weight is 293 g/mol. The summed E-state index contributed by atoms with van der Waals surface area (Å²) in [6.45, 7) is 5.75. The number of hydrogen-bond acceptors (Lipinski definition) is 0. The standard InChI is InChI=1S/C17H16F3O/c1-16(2,3)13-9-6-8-12-11-7-4-5-10-14(11)21(15(12)13)17(18,19)20/h4-10H,1-3H3/q+1. The minimum Gasteiger partial charge on any atom is -0.451 e. The maximum atomic E-state index is 13.6. The summed E-state index contributed by atoms with van der Waals surface area (Å²) in [7, 11) is 0. The number of rotatable bonds is 0. The lowest BCUT2D eigenvalue weighted by Crippen LogP contribution is -2.13. The number of para-hydroxylation sites is 2. The number of alkyl halides is 3. The third-order valence-electron chi connectivity index (χ3n) is 3.66. The van der Waals surface area contributed by atoms with Gasteiger partial charge < -0.3 is 4.05 Å². The van der Waals surface area contributed by atoms with Crippen molar-refractivity contribution in [3.05, 3.63) is 48.0 Å². The Labute approximate surface area is 120 Å². The topological polar surface area (TPSA) is 2.70 Å².